The molecule has 3 saturated heterocycles. The van der Waals surface area contributed by atoms with E-state index < -0.39 is 0 Å². The lowest BCUT2D eigenvalue weighted by atomic mass is 9.79. The molecule has 0 amide bonds. The van der Waals surface area contributed by atoms with Crippen LogP contribution in [0.15, 0.2) is 36.9 Å². The molecule has 0 aromatic carbocycles. The van der Waals surface area contributed by atoms with Crippen LogP contribution in [0.5, 0.6) is 5.75 Å². The molecule has 3 aliphatic rings. The Morgan fingerprint density at radius 3 is 2.81 bits per heavy atom. The van der Waals surface area contributed by atoms with Crippen molar-refractivity contribution in [3.8, 4) is 17.1 Å². The van der Waals surface area contributed by atoms with E-state index in [-0.39, 0.29) is 0 Å². The van der Waals surface area contributed by atoms with Crippen molar-refractivity contribution >= 4 is 11.5 Å². The first kappa shape index (κ1) is 16.5. The van der Waals surface area contributed by atoms with Crippen LogP contribution in [-0.4, -0.2) is 56.5 Å². The van der Waals surface area contributed by atoms with Crippen molar-refractivity contribution in [2.24, 2.45) is 5.92 Å². The van der Waals surface area contributed by atoms with Crippen LogP contribution in [0, 0.1) is 5.92 Å². The van der Waals surface area contributed by atoms with Gasteiger partial charge in [-0.1, -0.05) is 0 Å². The Labute approximate surface area is 158 Å². The predicted molar refractivity (Wildman–Crippen MR) is 104 cm³/mol. The van der Waals surface area contributed by atoms with Gasteiger partial charge in [-0.3, -0.25) is 14.3 Å². The molecule has 140 valence electrons. The number of nitrogens with one attached hydrogen (secondary N) is 1. The van der Waals surface area contributed by atoms with Gasteiger partial charge in [-0.2, -0.15) is 0 Å². The fourth-order valence-electron chi connectivity index (χ4n) is 4.55. The molecule has 6 heterocycles. The van der Waals surface area contributed by atoms with Gasteiger partial charge in [0.15, 0.2) is 0 Å². The van der Waals surface area contributed by atoms with E-state index in [2.05, 4.69) is 27.1 Å². The molecule has 1 N–H and O–H groups in total. The molecular formula is C20H24N6O. The number of piperidine rings is 3. The van der Waals surface area contributed by atoms with E-state index in [1.54, 1.807) is 13.3 Å². The number of methoxy groups -OCH3 is 1. The summed E-state index contributed by atoms with van der Waals surface area (Å²) < 4.78 is 7.29. The second-order valence-corrected chi connectivity index (χ2v) is 7.51. The van der Waals surface area contributed by atoms with Gasteiger partial charge in [0.05, 0.1) is 31.4 Å². The van der Waals surface area contributed by atoms with Crippen molar-refractivity contribution in [3.63, 3.8) is 0 Å². The molecule has 0 radical (unpaired) electrons. The van der Waals surface area contributed by atoms with Crippen LogP contribution in [0.4, 0.5) is 5.82 Å². The third kappa shape index (κ3) is 2.82. The summed E-state index contributed by atoms with van der Waals surface area (Å²) in [6, 6.07) is 4.80. The lowest BCUT2D eigenvalue weighted by molar-refractivity contribution is 0.0457. The van der Waals surface area contributed by atoms with Gasteiger partial charge in [0, 0.05) is 24.3 Å². The topological polar surface area (TPSA) is 67.6 Å². The zero-order chi connectivity index (χ0) is 18.4. The number of hydrogen-bond donors (Lipinski definition) is 1. The quantitative estimate of drug-likeness (QED) is 0.768. The maximum absolute atomic E-state index is 5.28. The molecule has 27 heavy (non-hydrogen) atoms. The zero-order valence-electron chi connectivity index (χ0n) is 15.7. The second kappa shape index (κ2) is 6.49. The second-order valence-electron chi connectivity index (χ2n) is 7.51. The average Bonchev–Trinajstić information content (AvgIpc) is 3.14. The summed E-state index contributed by atoms with van der Waals surface area (Å²) in [5.74, 6) is 2.35. The highest BCUT2D eigenvalue weighted by atomic mass is 16.5. The first-order chi connectivity index (χ1) is 13.2. The average molecular weight is 364 g/mol. The van der Waals surface area contributed by atoms with Crippen molar-refractivity contribution in [1.29, 1.82) is 0 Å². The molecule has 0 aliphatic carbocycles. The number of hydrogen-bond acceptors (Lipinski definition) is 6. The molecule has 0 unspecified atom stereocenters. The molecule has 0 saturated carbocycles. The lowest BCUT2D eigenvalue weighted by Gasteiger charge is -2.50. The molecule has 3 aromatic heterocycles. The first-order valence-electron chi connectivity index (χ1n) is 9.57. The molecule has 0 spiro atoms. The van der Waals surface area contributed by atoms with E-state index in [1.165, 1.54) is 25.9 Å². The summed E-state index contributed by atoms with van der Waals surface area (Å²) in [5.41, 5.74) is 2.56. The summed E-state index contributed by atoms with van der Waals surface area (Å²) in [5, 5.41) is 3.67. The Morgan fingerprint density at radius 1 is 1.19 bits per heavy atom. The van der Waals surface area contributed by atoms with Crippen LogP contribution < -0.4 is 10.1 Å². The van der Waals surface area contributed by atoms with Gasteiger partial charge >= 0.3 is 0 Å². The summed E-state index contributed by atoms with van der Waals surface area (Å²) >= 11 is 0. The lowest BCUT2D eigenvalue weighted by Crippen LogP contribution is -2.59. The third-order valence-corrected chi connectivity index (χ3v) is 6.11. The Kier molecular flexibility index (Phi) is 3.97. The minimum Gasteiger partial charge on any atom is -0.497 e. The monoisotopic (exact) mass is 364 g/mol. The van der Waals surface area contributed by atoms with E-state index in [0.29, 0.717) is 12.1 Å². The number of rotatable bonds is 4. The van der Waals surface area contributed by atoms with Crippen molar-refractivity contribution in [1.82, 2.24) is 24.3 Å². The van der Waals surface area contributed by atoms with Crippen LogP contribution >= 0.6 is 0 Å². The van der Waals surface area contributed by atoms with Gasteiger partial charge in [0.2, 0.25) is 0 Å². The predicted octanol–water partition coefficient (Wildman–Crippen LogP) is 2.69. The molecule has 7 heteroatoms. The van der Waals surface area contributed by atoms with Crippen LogP contribution in [0.1, 0.15) is 19.8 Å². The number of ether oxygens (including phenoxy) is 1. The van der Waals surface area contributed by atoms with E-state index in [9.17, 15) is 0 Å². The molecule has 2 bridgehead atoms. The molecule has 3 fully saturated rings. The fourth-order valence-corrected chi connectivity index (χ4v) is 4.55. The Morgan fingerprint density at radius 2 is 2.04 bits per heavy atom. The first-order valence-corrected chi connectivity index (χ1v) is 9.57. The molecule has 3 aliphatic heterocycles. The highest BCUT2D eigenvalue weighted by Gasteiger charge is 2.39. The number of nitrogens with zero attached hydrogens (tertiary/aromatic N) is 5. The highest BCUT2D eigenvalue weighted by Crippen LogP contribution is 2.34. The van der Waals surface area contributed by atoms with E-state index in [0.717, 1.165) is 34.5 Å². The van der Waals surface area contributed by atoms with E-state index in [4.69, 9.17) is 9.72 Å². The fraction of sp³-hybridized carbons (Fsp3) is 0.450. The Hall–Kier alpha value is -2.67. The number of fused-ring (bicyclic) bond motifs is 4. The normalized spacial score (nSPS) is 27.0. The van der Waals surface area contributed by atoms with Crippen LogP contribution in [0.25, 0.3) is 17.0 Å². The van der Waals surface area contributed by atoms with Gasteiger partial charge in [-0.15, -0.1) is 0 Å². The smallest absolute Gasteiger partial charge is 0.145 e. The molecule has 3 aromatic rings. The standard InChI is InChI=1S/C20H24N6O/c1-13-20(14-3-6-25(13)7-4-14)24-18-12-21-10-16(23-18)17-11-22-19-9-15(27-2)5-8-26(17)19/h5,8-14,20H,3-4,6-7H2,1-2H3,(H,23,24)/t13-,20-/m0/s1. The third-order valence-electron chi connectivity index (χ3n) is 6.11. The van der Waals surface area contributed by atoms with Gasteiger partial charge in [-0.05, 0) is 44.8 Å². The highest BCUT2D eigenvalue weighted by molar-refractivity contribution is 5.61. The SMILES string of the molecule is COc1ccn2c(-c3cncc(N[C@@H]4C5CCN(CC5)[C@H]4C)n3)cnc2c1. The molecule has 2 atom stereocenters. The summed E-state index contributed by atoms with van der Waals surface area (Å²) in [6.45, 7) is 4.76. The van der Waals surface area contributed by atoms with Crippen molar-refractivity contribution in [2.45, 2.75) is 31.8 Å². The summed E-state index contributed by atoms with van der Waals surface area (Å²) in [4.78, 5) is 16.3. The van der Waals surface area contributed by atoms with Crippen molar-refractivity contribution in [2.75, 3.05) is 25.5 Å². The molecule has 6 rings (SSSR count). The van der Waals surface area contributed by atoms with Gasteiger partial charge in [0.25, 0.3) is 0 Å². The molecule has 7 nitrogen and oxygen atoms in total. The van der Waals surface area contributed by atoms with Crippen LogP contribution in [-0.2, 0) is 0 Å². The van der Waals surface area contributed by atoms with E-state index in [1.807, 2.05) is 35.1 Å². The van der Waals surface area contributed by atoms with Crippen molar-refractivity contribution in [3.05, 3.63) is 36.9 Å². The maximum atomic E-state index is 5.28. The summed E-state index contributed by atoms with van der Waals surface area (Å²) in [6.07, 6.45) is 9.93. The summed E-state index contributed by atoms with van der Waals surface area (Å²) in [7, 11) is 1.66. The van der Waals surface area contributed by atoms with Crippen molar-refractivity contribution < 1.29 is 4.74 Å². The van der Waals surface area contributed by atoms with Crippen LogP contribution in [0.2, 0.25) is 0 Å². The van der Waals surface area contributed by atoms with E-state index >= 15 is 0 Å². The minimum absolute atomic E-state index is 0.434. The van der Waals surface area contributed by atoms with Gasteiger partial charge < -0.3 is 10.1 Å². The number of anilines is 1. The number of pyridine rings is 1. The van der Waals surface area contributed by atoms with Gasteiger partial charge in [0.1, 0.15) is 22.9 Å². The Balaban J connectivity index is 1.44. The van der Waals surface area contributed by atoms with Crippen LogP contribution in [0.3, 0.4) is 0 Å². The largest absolute Gasteiger partial charge is 0.497 e. The number of imidazole rings is 1. The number of aromatic nitrogens is 4. The maximum Gasteiger partial charge on any atom is 0.145 e. The molecular weight excluding hydrogens is 340 g/mol. The Bertz CT molecular complexity index is 960. The minimum atomic E-state index is 0.434. The van der Waals surface area contributed by atoms with Gasteiger partial charge in [-0.25, -0.2) is 9.97 Å². The zero-order valence-corrected chi connectivity index (χ0v) is 15.7.